The quantitative estimate of drug-likeness (QED) is 0.551. The zero-order valence-electron chi connectivity index (χ0n) is 13.1. The van der Waals surface area contributed by atoms with Crippen LogP contribution in [0.4, 0.5) is 0 Å². The number of aromatic hydroxyl groups is 1. The fraction of sp³-hybridized carbons (Fsp3) is 0.222. The topological polar surface area (TPSA) is 84.4 Å². The first kappa shape index (κ1) is 14.9. The number of phenols is 1. The summed E-state index contributed by atoms with van der Waals surface area (Å²) in [4.78, 5) is 12.8. The predicted molar refractivity (Wildman–Crippen MR) is 88.2 cm³/mol. The Morgan fingerprint density at radius 2 is 2.00 bits per heavy atom. The summed E-state index contributed by atoms with van der Waals surface area (Å²) in [6.07, 6.45) is 0. The number of rotatable bonds is 5. The molecular weight excluding hydrogens is 308 g/mol. The number of ether oxygens (including phenoxy) is 2. The van der Waals surface area contributed by atoms with Crippen LogP contribution >= 0.6 is 0 Å². The highest BCUT2D eigenvalue weighted by Crippen LogP contribution is 2.42. The van der Waals surface area contributed by atoms with E-state index in [4.69, 9.17) is 9.47 Å². The molecule has 1 aliphatic carbocycles. The third-order valence-electron chi connectivity index (χ3n) is 4.25. The van der Waals surface area contributed by atoms with Gasteiger partial charge in [0, 0.05) is 29.2 Å². The van der Waals surface area contributed by atoms with Gasteiger partial charge in [0.25, 0.3) is 0 Å². The summed E-state index contributed by atoms with van der Waals surface area (Å²) in [7, 11) is 1.61. The van der Waals surface area contributed by atoms with Gasteiger partial charge in [0.15, 0.2) is 5.78 Å². The number of aromatic amines is 1. The van der Waals surface area contributed by atoms with Crippen LogP contribution in [0.5, 0.6) is 5.75 Å². The third kappa shape index (κ3) is 2.11. The molecule has 2 aromatic carbocycles. The molecule has 24 heavy (non-hydrogen) atoms. The van der Waals surface area contributed by atoms with Crippen LogP contribution in [0, 0.1) is 0 Å². The first-order chi connectivity index (χ1) is 11.7. The Hall–Kier alpha value is -2.70. The van der Waals surface area contributed by atoms with Crippen molar-refractivity contribution in [2.24, 2.45) is 0 Å². The van der Waals surface area contributed by atoms with Crippen molar-refractivity contribution in [3.63, 3.8) is 0 Å². The van der Waals surface area contributed by atoms with Crippen LogP contribution in [0.15, 0.2) is 30.3 Å². The SMILES string of the molecule is COCCOCc1cc(O)c2c3c([nH]nc13)-c1ccccc1C2=O. The minimum Gasteiger partial charge on any atom is -0.507 e. The number of carbonyl (C=O) groups is 1. The largest absolute Gasteiger partial charge is 0.507 e. The summed E-state index contributed by atoms with van der Waals surface area (Å²) in [5, 5.41) is 18.5. The normalized spacial score (nSPS) is 12.6. The minimum absolute atomic E-state index is 0.0463. The molecule has 4 rings (SSSR count). The van der Waals surface area contributed by atoms with E-state index in [9.17, 15) is 9.90 Å². The summed E-state index contributed by atoms with van der Waals surface area (Å²) in [6.45, 7) is 1.22. The van der Waals surface area contributed by atoms with E-state index in [-0.39, 0.29) is 18.1 Å². The molecule has 1 heterocycles. The van der Waals surface area contributed by atoms with E-state index in [0.29, 0.717) is 35.2 Å². The number of nitrogens with zero attached hydrogens (tertiary/aromatic N) is 1. The number of hydrogen-bond acceptors (Lipinski definition) is 5. The number of phenolic OH excluding ortho intramolecular Hbond substituents is 1. The lowest BCUT2D eigenvalue weighted by Gasteiger charge is -2.17. The Kier molecular flexibility index (Phi) is 3.55. The van der Waals surface area contributed by atoms with Gasteiger partial charge in [-0.1, -0.05) is 24.3 Å². The molecule has 2 N–H and O–H groups in total. The average Bonchev–Trinajstić information content (AvgIpc) is 3.03. The zero-order valence-corrected chi connectivity index (χ0v) is 13.1. The summed E-state index contributed by atoms with van der Waals surface area (Å²) in [5.41, 5.74) is 3.80. The highest BCUT2D eigenvalue weighted by Gasteiger charge is 2.30. The molecule has 0 amide bonds. The van der Waals surface area contributed by atoms with Crippen LogP contribution in [0.3, 0.4) is 0 Å². The number of nitrogens with one attached hydrogen (secondary N) is 1. The summed E-state index contributed by atoms with van der Waals surface area (Å²) in [6, 6.07) is 8.88. The van der Waals surface area contributed by atoms with Crippen LogP contribution in [0.2, 0.25) is 0 Å². The first-order valence-corrected chi connectivity index (χ1v) is 7.66. The Morgan fingerprint density at radius 1 is 1.21 bits per heavy atom. The second-order valence-corrected chi connectivity index (χ2v) is 5.67. The second kappa shape index (κ2) is 5.74. The molecule has 0 bridgehead atoms. The van der Waals surface area contributed by atoms with Crippen molar-refractivity contribution in [1.82, 2.24) is 10.2 Å². The van der Waals surface area contributed by atoms with Gasteiger partial charge in [0.1, 0.15) is 5.75 Å². The maximum absolute atomic E-state index is 12.8. The molecule has 0 unspecified atom stereocenters. The maximum atomic E-state index is 12.8. The summed E-state index contributed by atoms with van der Waals surface area (Å²) >= 11 is 0. The Labute approximate surface area is 138 Å². The molecule has 6 nitrogen and oxygen atoms in total. The number of carbonyl (C=O) groups excluding carboxylic acids is 1. The van der Waals surface area contributed by atoms with Crippen molar-refractivity contribution in [1.29, 1.82) is 0 Å². The van der Waals surface area contributed by atoms with E-state index in [1.807, 2.05) is 18.2 Å². The lowest BCUT2D eigenvalue weighted by atomic mass is 9.86. The molecular formula is C18H16N2O4. The van der Waals surface area contributed by atoms with E-state index in [1.165, 1.54) is 0 Å². The average molecular weight is 324 g/mol. The van der Waals surface area contributed by atoms with E-state index in [0.717, 1.165) is 16.8 Å². The van der Waals surface area contributed by atoms with Gasteiger partial charge in [-0.15, -0.1) is 0 Å². The fourth-order valence-corrected chi connectivity index (χ4v) is 3.14. The molecule has 0 spiro atoms. The van der Waals surface area contributed by atoms with Gasteiger partial charge >= 0.3 is 0 Å². The van der Waals surface area contributed by atoms with Crippen LogP contribution in [0.1, 0.15) is 21.5 Å². The second-order valence-electron chi connectivity index (χ2n) is 5.67. The number of benzene rings is 2. The number of H-pyrrole nitrogens is 1. The summed E-state index contributed by atoms with van der Waals surface area (Å²) in [5.74, 6) is -0.233. The molecule has 0 radical (unpaired) electrons. The molecule has 122 valence electrons. The van der Waals surface area contributed by atoms with Gasteiger partial charge in [-0.05, 0) is 6.07 Å². The van der Waals surface area contributed by atoms with Crippen molar-refractivity contribution in [2.45, 2.75) is 6.61 Å². The van der Waals surface area contributed by atoms with Crippen molar-refractivity contribution >= 4 is 16.7 Å². The van der Waals surface area contributed by atoms with Crippen molar-refractivity contribution < 1.29 is 19.4 Å². The lowest BCUT2D eigenvalue weighted by molar-refractivity contribution is 0.0620. The zero-order chi connectivity index (χ0) is 16.7. The van der Waals surface area contributed by atoms with Crippen molar-refractivity contribution in [2.75, 3.05) is 20.3 Å². The number of aromatic nitrogens is 2. The molecule has 0 fully saturated rings. The van der Waals surface area contributed by atoms with E-state index < -0.39 is 0 Å². The molecule has 0 saturated heterocycles. The van der Waals surface area contributed by atoms with Gasteiger partial charge in [0.2, 0.25) is 0 Å². The smallest absolute Gasteiger partial charge is 0.198 e. The molecule has 1 aliphatic rings. The van der Waals surface area contributed by atoms with E-state index >= 15 is 0 Å². The predicted octanol–water partition coefficient (Wildman–Crippen LogP) is 2.64. The van der Waals surface area contributed by atoms with Gasteiger partial charge in [-0.2, -0.15) is 5.10 Å². The Balaban J connectivity index is 1.87. The van der Waals surface area contributed by atoms with Crippen molar-refractivity contribution in [3.8, 4) is 17.0 Å². The fourth-order valence-electron chi connectivity index (χ4n) is 3.14. The van der Waals surface area contributed by atoms with Crippen LogP contribution in [0.25, 0.3) is 22.2 Å². The van der Waals surface area contributed by atoms with Crippen LogP contribution in [-0.4, -0.2) is 41.4 Å². The van der Waals surface area contributed by atoms with E-state index in [2.05, 4.69) is 10.2 Å². The Morgan fingerprint density at radius 3 is 2.79 bits per heavy atom. The molecule has 6 heteroatoms. The van der Waals surface area contributed by atoms with Gasteiger partial charge in [0.05, 0.1) is 36.6 Å². The molecule has 0 saturated carbocycles. The highest BCUT2D eigenvalue weighted by atomic mass is 16.5. The standard InChI is InChI=1S/C18H16N2O4/c1-23-6-7-24-9-10-8-13(21)14-15-16(10)19-20-17(15)11-4-2-3-5-12(11)18(14)22/h2-5,8,21H,6-7,9H2,1H3,(H,19,20). The number of ketones is 1. The maximum Gasteiger partial charge on any atom is 0.198 e. The first-order valence-electron chi connectivity index (χ1n) is 7.66. The molecule has 1 aromatic heterocycles. The molecule has 0 aliphatic heterocycles. The minimum atomic E-state index is -0.186. The van der Waals surface area contributed by atoms with Crippen LogP contribution < -0.4 is 0 Å². The van der Waals surface area contributed by atoms with Gasteiger partial charge < -0.3 is 14.6 Å². The summed E-state index contributed by atoms with van der Waals surface area (Å²) < 4.78 is 10.5. The molecule has 0 atom stereocenters. The molecule has 3 aromatic rings. The van der Waals surface area contributed by atoms with Gasteiger partial charge in [-0.25, -0.2) is 0 Å². The third-order valence-corrected chi connectivity index (χ3v) is 4.25. The van der Waals surface area contributed by atoms with E-state index in [1.54, 1.807) is 19.2 Å². The van der Waals surface area contributed by atoms with Gasteiger partial charge in [-0.3, -0.25) is 9.89 Å². The number of fused-ring (bicyclic) bond motifs is 2. The number of hydrogen-bond donors (Lipinski definition) is 2. The van der Waals surface area contributed by atoms with Crippen molar-refractivity contribution in [3.05, 3.63) is 47.0 Å². The van der Waals surface area contributed by atoms with Crippen LogP contribution in [-0.2, 0) is 16.1 Å². The lowest BCUT2D eigenvalue weighted by Crippen LogP contribution is -2.10. The monoisotopic (exact) mass is 324 g/mol. The highest BCUT2D eigenvalue weighted by molar-refractivity contribution is 6.26. The Bertz CT molecular complexity index is 946. The number of methoxy groups -OCH3 is 1.